The number of halogens is 1. The molecule has 1 saturated heterocycles. The summed E-state index contributed by atoms with van der Waals surface area (Å²) in [7, 11) is 1.25. The number of hydrogen-bond acceptors (Lipinski definition) is 7. The van der Waals surface area contributed by atoms with Gasteiger partial charge >= 0.3 is 18.2 Å². The van der Waals surface area contributed by atoms with Gasteiger partial charge in [-0.15, -0.1) is 0 Å². The van der Waals surface area contributed by atoms with Gasteiger partial charge in [0, 0.05) is 26.2 Å². The maximum absolute atomic E-state index is 12.3. The second-order valence-electron chi connectivity index (χ2n) is 9.42. The van der Waals surface area contributed by atoms with Crippen LogP contribution in [0, 0.1) is 0 Å². The molecule has 1 aromatic rings. The van der Waals surface area contributed by atoms with Gasteiger partial charge in [-0.2, -0.15) is 0 Å². The number of amides is 2. The van der Waals surface area contributed by atoms with Crippen LogP contribution in [0.25, 0.3) is 0 Å². The second kappa shape index (κ2) is 9.85. The quantitative estimate of drug-likeness (QED) is 0.513. The molecule has 1 aliphatic heterocycles. The van der Waals surface area contributed by atoms with Crippen LogP contribution in [0.15, 0.2) is 12.1 Å². The first kappa shape index (κ1) is 25.6. The number of hydrogen-bond donors (Lipinski definition) is 1. The lowest BCUT2D eigenvalue weighted by atomic mass is 10.1. The minimum Gasteiger partial charge on any atom is -0.465 e. The third kappa shape index (κ3) is 7.19. The van der Waals surface area contributed by atoms with Crippen molar-refractivity contribution in [2.45, 2.75) is 52.7 Å². The van der Waals surface area contributed by atoms with E-state index in [9.17, 15) is 14.4 Å². The number of rotatable bonds is 3. The highest BCUT2D eigenvalue weighted by atomic mass is 35.5. The van der Waals surface area contributed by atoms with Crippen molar-refractivity contribution < 1.29 is 28.6 Å². The average Bonchev–Trinajstić information content (AvgIpc) is 2.65. The van der Waals surface area contributed by atoms with E-state index in [4.69, 9.17) is 25.8 Å². The molecule has 10 heteroatoms. The Kier molecular flexibility index (Phi) is 7.88. The molecule has 0 saturated carbocycles. The molecule has 1 fully saturated rings. The van der Waals surface area contributed by atoms with Gasteiger partial charge in [-0.25, -0.2) is 14.4 Å². The molecule has 1 N–H and O–H groups in total. The van der Waals surface area contributed by atoms with Crippen molar-refractivity contribution in [2.75, 3.05) is 43.5 Å². The number of methoxy groups -OCH3 is 1. The molecule has 2 rings (SSSR count). The summed E-state index contributed by atoms with van der Waals surface area (Å²) in [6.07, 6.45) is -1.07. The summed E-state index contributed by atoms with van der Waals surface area (Å²) in [5.41, 5.74) is -0.319. The summed E-state index contributed by atoms with van der Waals surface area (Å²) in [5, 5.41) is 2.93. The number of esters is 1. The van der Waals surface area contributed by atoms with Crippen molar-refractivity contribution in [1.82, 2.24) is 4.90 Å². The van der Waals surface area contributed by atoms with Crippen LogP contribution in [-0.2, 0) is 14.2 Å². The van der Waals surface area contributed by atoms with E-state index in [-0.39, 0.29) is 17.3 Å². The average molecular weight is 470 g/mol. The van der Waals surface area contributed by atoms with Crippen molar-refractivity contribution in [1.29, 1.82) is 0 Å². The molecule has 0 spiro atoms. The summed E-state index contributed by atoms with van der Waals surface area (Å²) < 4.78 is 15.5. The number of piperazine rings is 1. The molecule has 178 valence electrons. The van der Waals surface area contributed by atoms with Gasteiger partial charge in [-0.1, -0.05) is 11.6 Å². The number of nitrogens with one attached hydrogen (secondary N) is 1. The fraction of sp³-hybridized carbons (Fsp3) is 0.591. The van der Waals surface area contributed by atoms with Crippen LogP contribution < -0.4 is 10.2 Å². The first-order valence-electron chi connectivity index (χ1n) is 10.3. The van der Waals surface area contributed by atoms with Crippen molar-refractivity contribution in [3.05, 3.63) is 22.7 Å². The summed E-state index contributed by atoms with van der Waals surface area (Å²) in [6, 6.07) is 3.07. The van der Waals surface area contributed by atoms with Crippen LogP contribution in [0.2, 0.25) is 5.02 Å². The zero-order valence-corrected chi connectivity index (χ0v) is 20.5. The Labute approximate surface area is 193 Å². The first-order valence-corrected chi connectivity index (χ1v) is 10.7. The largest absolute Gasteiger partial charge is 0.465 e. The lowest BCUT2D eigenvalue weighted by molar-refractivity contribution is 0.0240. The summed E-state index contributed by atoms with van der Waals surface area (Å²) >= 11 is 6.47. The molecular weight excluding hydrogens is 438 g/mol. The Morgan fingerprint density at radius 1 is 0.938 bits per heavy atom. The molecule has 1 heterocycles. The van der Waals surface area contributed by atoms with Gasteiger partial charge in [0.1, 0.15) is 11.2 Å². The smallest absolute Gasteiger partial charge is 0.412 e. The Balaban J connectivity index is 2.23. The number of anilines is 2. The topological polar surface area (TPSA) is 97.4 Å². The van der Waals surface area contributed by atoms with E-state index < -0.39 is 23.3 Å². The molecule has 0 atom stereocenters. The van der Waals surface area contributed by atoms with E-state index in [1.165, 1.54) is 13.2 Å². The van der Waals surface area contributed by atoms with Gasteiger partial charge < -0.3 is 24.0 Å². The van der Waals surface area contributed by atoms with E-state index in [0.29, 0.717) is 36.9 Å². The van der Waals surface area contributed by atoms with Gasteiger partial charge in [-0.3, -0.25) is 5.32 Å². The fourth-order valence-electron chi connectivity index (χ4n) is 3.06. The molecule has 0 aliphatic carbocycles. The third-order valence-corrected chi connectivity index (χ3v) is 4.70. The van der Waals surface area contributed by atoms with E-state index in [0.717, 1.165) is 0 Å². The van der Waals surface area contributed by atoms with E-state index in [2.05, 4.69) is 5.32 Å². The Bertz CT molecular complexity index is 868. The molecule has 32 heavy (non-hydrogen) atoms. The van der Waals surface area contributed by atoms with Crippen molar-refractivity contribution in [2.24, 2.45) is 0 Å². The number of carbonyl (C=O) groups is 3. The zero-order chi connectivity index (χ0) is 24.3. The van der Waals surface area contributed by atoms with Gasteiger partial charge in [0.15, 0.2) is 0 Å². The normalized spacial score (nSPS) is 14.6. The third-order valence-electron chi connectivity index (χ3n) is 4.40. The molecule has 0 bridgehead atoms. The SMILES string of the molecule is COC(=O)c1cc(Cl)c(N2CCN(C(=O)OC(C)(C)C)CC2)cc1NC(=O)OC(C)(C)C. The summed E-state index contributed by atoms with van der Waals surface area (Å²) in [6.45, 7) is 12.6. The fourth-order valence-corrected chi connectivity index (χ4v) is 3.34. The molecule has 0 unspecified atom stereocenters. The highest BCUT2D eigenvalue weighted by molar-refractivity contribution is 6.34. The highest BCUT2D eigenvalue weighted by Gasteiger charge is 2.28. The van der Waals surface area contributed by atoms with Crippen LogP contribution >= 0.6 is 11.6 Å². The maximum Gasteiger partial charge on any atom is 0.412 e. The molecule has 1 aliphatic rings. The van der Waals surface area contributed by atoms with E-state index >= 15 is 0 Å². The number of benzene rings is 1. The molecule has 9 nitrogen and oxygen atoms in total. The number of nitrogens with zero attached hydrogens (tertiary/aromatic N) is 2. The first-order chi connectivity index (χ1) is 14.7. The lowest BCUT2D eigenvalue weighted by Gasteiger charge is -2.37. The lowest BCUT2D eigenvalue weighted by Crippen LogP contribution is -2.50. The van der Waals surface area contributed by atoms with Crippen LogP contribution in [0.3, 0.4) is 0 Å². The standard InChI is InChI=1S/C22H32ClN3O6/c1-21(2,3)31-19(28)24-16-13-17(15(23)12-14(16)18(27)30-7)25-8-10-26(11-9-25)20(29)32-22(4,5)6/h12-13H,8-11H2,1-7H3,(H,24,28). The van der Waals surface area contributed by atoms with Gasteiger partial charge in [-0.05, 0) is 53.7 Å². The van der Waals surface area contributed by atoms with Gasteiger partial charge in [0.25, 0.3) is 0 Å². The number of carbonyl (C=O) groups excluding carboxylic acids is 3. The Morgan fingerprint density at radius 3 is 2.00 bits per heavy atom. The van der Waals surface area contributed by atoms with Crippen LogP contribution in [0.1, 0.15) is 51.9 Å². The highest BCUT2D eigenvalue weighted by Crippen LogP contribution is 2.34. The predicted octanol–water partition coefficient (Wildman–Crippen LogP) is 4.53. The predicted molar refractivity (Wildman–Crippen MR) is 123 cm³/mol. The van der Waals surface area contributed by atoms with Gasteiger partial charge in [0.05, 0.1) is 29.1 Å². The van der Waals surface area contributed by atoms with Crippen molar-refractivity contribution >= 4 is 41.1 Å². The molecular formula is C22H32ClN3O6. The van der Waals surface area contributed by atoms with Crippen LogP contribution in [0.5, 0.6) is 0 Å². The summed E-state index contributed by atoms with van der Waals surface area (Å²) in [4.78, 5) is 40.5. The van der Waals surface area contributed by atoms with Crippen molar-refractivity contribution in [3.8, 4) is 0 Å². The second-order valence-corrected chi connectivity index (χ2v) is 9.83. The van der Waals surface area contributed by atoms with E-state index in [1.807, 2.05) is 25.7 Å². The Hall–Kier alpha value is -2.68. The minimum atomic E-state index is -0.706. The Morgan fingerprint density at radius 2 is 1.50 bits per heavy atom. The van der Waals surface area contributed by atoms with Gasteiger partial charge in [0.2, 0.25) is 0 Å². The summed E-state index contributed by atoms with van der Waals surface area (Å²) in [5.74, 6) is -0.640. The molecule has 0 radical (unpaired) electrons. The zero-order valence-electron chi connectivity index (χ0n) is 19.7. The van der Waals surface area contributed by atoms with Crippen LogP contribution in [0.4, 0.5) is 21.0 Å². The maximum atomic E-state index is 12.3. The van der Waals surface area contributed by atoms with E-state index in [1.54, 1.807) is 31.7 Å². The molecule has 1 aromatic carbocycles. The van der Waals surface area contributed by atoms with Crippen molar-refractivity contribution in [3.63, 3.8) is 0 Å². The number of ether oxygens (including phenoxy) is 3. The minimum absolute atomic E-state index is 0.111. The molecule has 0 aromatic heterocycles. The monoisotopic (exact) mass is 469 g/mol. The molecule has 2 amide bonds. The van der Waals surface area contributed by atoms with Crippen LogP contribution in [-0.4, -0.2) is 67.5 Å².